The van der Waals surface area contributed by atoms with Gasteiger partial charge in [0.05, 0.1) is 22.3 Å². The quantitative estimate of drug-likeness (QED) is 0.678. The molecule has 3 aromatic rings. The van der Waals surface area contributed by atoms with Gasteiger partial charge in [0.1, 0.15) is 6.54 Å². The number of carbonyl (C=O) groups is 2. The fraction of sp³-hybridized carbons (Fsp3) is 0.389. The van der Waals surface area contributed by atoms with Crippen LogP contribution >= 0.6 is 0 Å². The van der Waals surface area contributed by atoms with Crippen molar-refractivity contribution in [2.45, 2.75) is 47.1 Å². The van der Waals surface area contributed by atoms with Crippen LogP contribution in [0.2, 0.25) is 0 Å². The molecule has 0 aromatic carbocycles. The summed E-state index contributed by atoms with van der Waals surface area (Å²) in [6, 6.07) is 3.57. The van der Waals surface area contributed by atoms with Gasteiger partial charge in [0.25, 0.3) is 17.5 Å². The lowest BCUT2D eigenvalue weighted by atomic mass is 10.0. The van der Waals surface area contributed by atoms with Gasteiger partial charge in [0.15, 0.2) is 0 Å². The second-order valence-electron chi connectivity index (χ2n) is 6.78. The van der Waals surface area contributed by atoms with E-state index in [0.29, 0.717) is 28.1 Å². The SMILES string of the molecule is Cc1cc(C)n(CC(=O)NNC(=O)c2cc(C(C)C)nc3onc(C)c23)n1. The maximum absolute atomic E-state index is 12.7. The van der Waals surface area contributed by atoms with Crippen LogP contribution in [0.1, 0.15) is 52.9 Å². The Morgan fingerprint density at radius 1 is 1.19 bits per heavy atom. The van der Waals surface area contributed by atoms with Crippen LogP contribution in [0.3, 0.4) is 0 Å². The van der Waals surface area contributed by atoms with Crippen molar-refractivity contribution in [1.82, 2.24) is 30.8 Å². The number of aromatic nitrogens is 4. The number of aryl methyl sites for hydroxylation is 3. The number of pyridine rings is 1. The molecule has 27 heavy (non-hydrogen) atoms. The molecule has 0 saturated heterocycles. The highest BCUT2D eigenvalue weighted by Crippen LogP contribution is 2.24. The lowest BCUT2D eigenvalue weighted by Gasteiger charge is -2.11. The Morgan fingerprint density at radius 2 is 1.93 bits per heavy atom. The summed E-state index contributed by atoms with van der Waals surface area (Å²) in [6.45, 7) is 9.40. The predicted octanol–water partition coefficient (Wildman–Crippen LogP) is 1.93. The normalized spacial score (nSPS) is 11.2. The minimum atomic E-state index is -0.461. The third kappa shape index (κ3) is 3.81. The molecule has 3 rings (SSSR count). The summed E-state index contributed by atoms with van der Waals surface area (Å²) < 4.78 is 6.78. The molecule has 3 aromatic heterocycles. The van der Waals surface area contributed by atoms with Gasteiger partial charge in [-0.3, -0.25) is 25.1 Å². The van der Waals surface area contributed by atoms with Gasteiger partial charge in [-0.1, -0.05) is 19.0 Å². The molecule has 0 aliphatic heterocycles. The molecular formula is C18H22N6O3. The van der Waals surface area contributed by atoms with Crippen molar-refractivity contribution in [2.24, 2.45) is 0 Å². The third-order valence-corrected chi connectivity index (χ3v) is 4.19. The minimum absolute atomic E-state index is 0.00917. The first kappa shape index (κ1) is 18.6. The highest BCUT2D eigenvalue weighted by molar-refractivity contribution is 6.06. The van der Waals surface area contributed by atoms with Crippen molar-refractivity contribution in [1.29, 1.82) is 0 Å². The molecule has 0 aliphatic rings. The van der Waals surface area contributed by atoms with Gasteiger partial charge in [0.2, 0.25) is 0 Å². The zero-order chi connectivity index (χ0) is 19.7. The van der Waals surface area contributed by atoms with E-state index in [1.165, 1.54) is 0 Å². The van der Waals surface area contributed by atoms with Crippen LogP contribution in [-0.2, 0) is 11.3 Å². The van der Waals surface area contributed by atoms with Gasteiger partial charge in [-0.15, -0.1) is 0 Å². The van der Waals surface area contributed by atoms with E-state index in [9.17, 15) is 9.59 Å². The zero-order valence-electron chi connectivity index (χ0n) is 16.0. The first-order valence-electron chi connectivity index (χ1n) is 8.63. The Balaban J connectivity index is 1.77. The van der Waals surface area contributed by atoms with Crippen LogP contribution < -0.4 is 10.9 Å². The van der Waals surface area contributed by atoms with E-state index in [0.717, 1.165) is 11.4 Å². The molecule has 0 aliphatic carbocycles. The Labute approximate surface area is 156 Å². The highest BCUT2D eigenvalue weighted by Gasteiger charge is 2.20. The van der Waals surface area contributed by atoms with E-state index in [1.807, 2.05) is 33.8 Å². The number of amides is 2. The van der Waals surface area contributed by atoms with Gasteiger partial charge >= 0.3 is 0 Å². The zero-order valence-corrected chi connectivity index (χ0v) is 16.0. The number of hydrogen-bond donors (Lipinski definition) is 2. The summed E-state index contributed by atoms with van der Waals surface area (Å²) in [5, 5.41) is 8.64. The Morgan fingerprint density at radius 3 is 2.56 bits per heavy atom. The first-order chi connectivity index (χ1) is 12.8. The van der Waals surface area contributed by atoms with Crippen molar-refractivity contribution < 1.29 is 14.1 Å². The summed E-state index contributed by atoms with van der Waals surface area (Å²) in [7, 11) is 0. The van der Waals surface area contributed by atoms with Crippen LogP contribution in [0.15, 0.2) is 16.7 Å². The van der Waals surface area contributed by atoms with Gasteiger partial charge in [0, 0.05) is 11.4 Å². The van der Waals surface area contributed by atoms with Crippen molar-refractivity contribution in [2.75, 3.05) is 0 Å². The first-order valence-corrected chi connectivity index (χ1v) is 8.63. The summed E-state index contributed by atoms with van der Waals surface area (Å²) in [6.07, 6.45) is 0. The minimum Gasteiger partial charge on any atom is -0.336 e. The molecule has 0 saturated carbocycles. The van der Waals surface area contributed by atoms with E-state index in [1.54, 1.807) is 17.7 Å². The second kappa shape index (κ2) is 7.18. The van der Waals surface area contributed by atoms with Crippen molar-refractivity contribution >= 4 is 22.9 Å². The summed E-state index contributed by atoms with van der Waals surface area (Å²) >= 11 is 0. The number of rotatable bonds is 4. The molecule has 3 heterocycles. The summed E-state index contributed by atoms with van der Waals surface area (Å²) in [5.41, 5.74) is 8.48. The molecule has 0 fully saturated rings. The van der Waals surface area contributed by atoms with Gasteiger partial charge in [-0.25, -0.2) is 4.98 Å². The molecule has 0 spiro atoms. The fourth-order valence-corrected chi connectivity index (χ4v) is 2.79. The van der Waals surface area contributed by atoms with E-state index in [4.69, 9.17) is 4.52 Å². The molecule has 0 atom stereocenters. The topological polar surface area (TPSA) is 115 Å². The molecule has 0 unspecified atom stereocenters. The highest BCUT2D eigenvalue weighted by atomic mass is 16.5. The molecule has 0 radical (unpaired) electrons. The number of fused-ring (bicyclic) bond motifs is 1. The Kier molecular flexibility index (Phi) is 4.93. The molecule has 0 bridgehead atoms. The maximum atomic E-state index is 12.7. The number of nitrogens with one attached hydrogen (secondary N) is 2. The standard InChI is InChI=1S/C18H22N6O3/c1-9(2)14-7-13(16-12(5)23-27-18(16)19-14)17(26)21-20-15(25)8-24-11(4)6-10(3)22-24/h6-7,9H,8H2,1-5H3,(H,20,25)(H,21,26). The number of hydrogen-bond acceptors (Lipinski definition) is 6. The summed E-state index contributed by atoms with van der Waals surface area (Å²) in [5.74, 6) is -0.740. The number of hydrazine groups is 1. The molecule has 142 valence electrons. The number of carbonyl (C=O) groups excluding carboxylic acids is 2. The Hall–Kier alpha value is -3.23. The van der Waals surface area contributed by atoms with Crippen LogP contribution in [-0.4, -0.2) is 31.7 Å². The maximum Gasteiger partial charge on any atom is 0.270 e. The Bertz CT molecular complexity index is 1020. The fourth-order valence-electron chi connectivity index (χ4n) is 2.79. The summed E-state index contributed by atoms with van der Waals surface area (Å²) in [4.78, 5) is 29.2. The average molecular weight is 370 g/mol. The van der Waals surface area contributed by atoms with Crippen molar-refractivity contribution in [3.05, 3.63) is 40.5 Å². The van der Waals surface area contributed by atoms with E-state index < -0.39 is 5.91 Å². The van der Waals surface area contributed by atoms with Crippen LogP contribution in [0.5, 0.6) is 0 Å². The van der Waals surface area contributed by atoms with Gasteiger partial charge in [-0.2, -0.15) is 5.10 Å². The number of nitrogens with zero attached hydrogens (tertiary/aromatic N) is 4. The van der Waals surface area contributed by atoms with E-state index >= 15 is 0 Å². The lowest BCUT2D eigenvalue weighted by molar-refractivity contribution is -0.122. The smallest absolute Gasteiger partial charge is 0.270 e. The van der Waals surface area contributed by atoms with Crippen LogP contribution in [0.4, 0.5) is 0 Å². The molecule has 2 amide bonds. The van der Waals surface area contributed by atoms with Crippen LogP contribution in [0.25, 0.3) is 11.1 Å². The van der Waals surface area contributed by atoms with E-state index in [2.05, 4.69) is 26.1 Å². The molecular weight excluding hydrogens is 348 g/mol. The third-order valence-electron chi connectivity index (χ3n) is 4.19. The van der Waals surface area contributed by atoms with E-state index in [-0.39, 0.29) is 18.4 Å². The van der Waals surface area contributed by atoms with Gasteiger partial charge < -0.3 is 4.52 Å². The molecule has 9 heteroatoms. The monoisotopic (exact) mass is 370 g/mol. The largest absolute Gasteiger partial charge is 0.336 e. The van der Waals surface area contributed by atoms with Gasteiger partial charge in [-0.05, 0) is 38.8 Å². The van der Waals surface area contributed by atoms with Crippen LogP contribution in [0, 0.1) is 20.8 Å². The van der Waals surface area contributed by atoms with Crippen molar-refractivity contribution in [3.8, 4) is 0 Å². The average Bonchev–Trinajstić information content (AvgIpc) is 3.13. The van der Waals surface area contributed by atoms with Crippen molar-refractivity contribution in [3.63, 3.8) is 0 Å². The lowest BCUT2D eigenvalue weighted by Crippen LogP contribution is -2.43. The molecule has 9 nitrogen and oxygen atoms in total. The predicted molar refractivity (Wildman–Crippen MR) is 97.9 cm³/mol. The molecule has 2 N–H and O–H groups in total. The second-order valence-corrected chi connectivity index (χ2v) is 6.78.